The van der Waals surface area contributed by atoms with E-state index in [2.05, 4.69) is 32.3 Å². The SMILES string of the molecule is C=C[C@@H]1C[C@]1(NC(=O)[C@@H]1CC(Oc2cc(-c3csc(NC(=O)OC)n3)nc3cc(OC)ccc23)CN1C(=O)[C@@H](NC(=O)OC1CCCC1)C(C)(C)C)C(=O)O. The van der Waals surface area contributed by atoms with Crippen LogP contribution < -0.4 is 25.4 Å². The second-order valence-electron chi connectivity index (χ2n) is 15.1. The van der Waals surface area contributed by atoms with Crippen molar-refractivity contribution in [3.05, 3.63) is 42.3 Å². The van der Waals surface area contributed by atoms with Crippen LogP contribution in [0.5, 0.6) is 11.5 Å². The zero-order valence-electron chi connectivity index (χ0n) is 31.4. The first-order valence-electron chi connectivity index (χ1n) is 18.1. The summed E-state index contributed by atoms with van der Waals surface area (Å²) in [5.41, 5.74) is -0.981. The second-order valence-corrected chi connectivity index (χ2v) is 16.0. The molecule has 5 atom stereocenters. The number of nitrogens with zero attached hydrogens (tertiary/aromatic N) is 3. The number of pyridine rings is 1. The molecule has 3 fully saturated rings. The molecule has 17 heteroatoms. The highest BCUT2D eigenvalue weighted by molar-refractivity contribution is 7.14. The molecule has 294 valence electrons. The Hall–Kier alpha value is -5.45. The molecular formula is C38H46N6O10S. The molecule has 3 aliphatic rings. The van der Waals surface area contributed by atoms with Crippen molar-refractivity contribution in [2.45, 2.75) is 89.1 Å². The molecule has 2 aromatic heterocycles. The lowest BCUT2D eigenvalue weighted by Gasteiger charge is -2.35. The number of hydrogen-bond acceptors (Lipinski definition) is 12. The maximum Gasteiger partial charge on any atom is 0.413 e. The number of rotatable bonds is 12. The van der Waals surface area contributed by atoms with Crippen LogP contribution >= 0.6 is 11.3 Å². The Balaban J connectivity index is 1.32. The van der Waals surface area contributed by atoms with Crippen LogP contribution in [0, 0.1) is 11.3 Å². The van der Waals surface area contributed by atoms with Crippen LogP contribution in [0.15, 0.2) is 42.3 Å². The highest BCUT2D eigenvalue weighted by Gasteiger charge is 2.61. The van der Waals surface area contributed by atoms with Gasteiger partial charge in [-0.15, -0.1) is 17.9 Å². The average molecular weight is 779 g/mol. The Morgan fingerprint density at radius 1 is 1.05 bits per heavy atom. The predicted molar refractivity (Wildman–Crippen MR) is 202 cm³/mol. The predicted octanol–water partition coefficient (Wildman–Crippen LogP) is 5.12. The van der Waals surface area contributed by atoms with Crippen LogP contribution in [0.3, 0.4) is 0 Å². The van der Waals surface area contributed by atoms with Gasteiger partial charge < -0.3 is 39.6 Å². The van der Waals surface area contributed by atoms with Crippen LogP contribution in [-0.2, 0) is 23.9 Å². The van der Waals surface area contributed by atoms with Crippen molar-refractivity contribution >= 4 is 57.3 Å². The number of anilines is 1. The molecule has 4 amide bonds. The quantitative estimate of drug-likeness (QED) is 0.177. The standard InChI is InChI=1S/C38H46N6O10S/c1-7-20-17-38(20,33(47)48)43-31(45)28-15-23(18-44(28)32(46)30(37(2,3)4)41-36(50)54-21-10-8-9-11-21)53-29-16-26(27-19-55-34(40-27)42-35(49)52-6)39-25-14-22(51-5)12-13-24(25)29/h7,12-14,16,19-21,23,28,30H,1,8-11,15,17-18H2,2-6H3,(H,41,50)(H,43,45)(H,47,48)(H,40,42,49)/t20-,23?,28+,30-,38-/m1/s1. The minimum Gasteiger partial charge on any atom is -0.497 e. The fraction of sp³-hybridized carbons (Fsp3) is 0.500. The molecular weight excluding hydrogens is 733 g/mol. The number of aromatic nitrogens is 2. The monoisotopic (exact) mass is 778 g/mol. The zero-order chi connectivity index (χ0) is 39.7. The first-order valence-corrected chi connectivity index (χ1v) is 19.0. The van der Waals surface area contributed by atoms with Gasteiger partial charge in [0.25, 0.3) is 0 Å². The van der Waals surface area contributed by atoms with E-state index >= 15 is 0 Å². The molecule has 16 nitrogen and oxygen atoms in total. The molecule has 55 heavy (non-hydrogen) atoms. The van der Waals surface area contributed by atoms with E-state index in [0.717, 1.165) is 25.7 Å². The van der Waals surface area contributed by atoms with Crippen LogP contribution in [-0.4, -0.2) is 101 Å². The van der Waals surface area contributed by atoms with Gasteiger partial charge in [0, 0.05) is 35.2 Å². The molecule has 3 heterocycles. The van der Waals surface area contributed by atoms with Gasteiger partial charge in [-0.05, 0) is 49.7 Å². The Morgan fingerprint density at radius 2 is 1.80 bits per heavy atom. The summed E-state index contributed by atoms with van der Waals surface area (Å²) in [6, 6.07) is 4.71. The maximum absolute atomic E-state index is 14.6. The summed E-state index contributed by atoms with van der Waals surface area (Å²) in [6.45, 7) is 9.04. The van der Waals surface area contributed by atoms with E-state index in [1.54, 1.807) is 50.4 Å². The van der Waals surface area contributed by atoms with Gasteiger partial charge in [0.15, 0.2) is 5.13 Å². The number of likely N-dealkylation sites (tertiary alicyclic amines) is 1. The van der Waals surface area contributed by atoms with E-state index in [4.69, 9.17) is 19.2 Å². The number of carboxylic acids is 1. The van der Waals surface area contributed by atoms with E-state index in [0.29, 0.717) is 38.9 Å². The number of alkyl carbamates (subject to hydrolysis) is 1. The summed E-state index contributed by atoms with van der Waals surface area (Å²) in [6.07, 6.45) is 2.69. The number of thiazole rings is 1. The van der Waals surface area contributed by atoms with Gasteiger partial charge in [0.1, 0.15) is 47.0 Å². The molecule has 0 spiro atoms. The van der Waals surface area contributed by atoms with Crippen LogP contribution in [0.25, 0.3) is 22.3 Å². The van der Waals surface area contributed by atoms with Crippen molar-refractivity contribution in [3.8, 4) is 22.9 Å². The number of aliphatic carboxylic acids is 1. The molecule has 6 rings (SSSR count). The fourth-order valence-electron chi connectivity index (χ4n) is 7.12. The average Bonchev–Trinajstić information content (AvgIpc) is 3.56. The van der Waals surface area contributed by atoms with E-state index in [1.165, 1.54) is 36.5 Å². The largest absolute Gasteiger partial charge is 0.497 e. The van der Waals surface area contributed by atoms with E-state index < -0.39 is 65.0 Å². The molecule has 2 aliphatic carbocycles. The number of carboxylic acid groups (broad SMARTS) is 1. The number of amides is 4. The zero-order valence-corrected chi connectivity index (χ0v) is 32.2. The number of methoxy groups -OCH3 is 2. The van der Waals surface area contributed by atoms with Crippen molar-refractivity contribution < 1.29 is 48.0 Å². The third kappa shape index (κ3) is 8.45. The van der Waals surface area contributed by atoms with Crippen molar-refractivity contribution in [1.82, 2.24) is 25.5 Å². The number of ether oxygens (including phenoxy) is 4. The van der Waals surface area contributed by atoms with Crippen molar-refractivity contribution in [1.29, 1.82) is 0 Å². The third-order valence-electron chi connectivity index (χ3n) is 10.3. The highest BCUT2D eigenvalue weighted by Crippen LogP contribution is 2.45. The van der Waals surface area contributed by atoms with Gasteiger partial charge in [-0.2, -0.15) is 0 Å². The van der Waals surface area contributed by atoms with Crippen molar-refractivity contribution in [2.24, 2.45) is 11.3 Å². The number of hydrogen-bond donors (Lipinski definition) is 4. The van der Waals surface area contributed by atoms with Crippen LogP contribution in [0.4, 0.5) is 14.7 Å². The number of nitrogens with one attached hydrogen (secondary N) is 3. The first-order chi connectivity index (χ1) is 26.1. The lowest BCUT2D eigenvalue weighted by Crippen LogP contribution is -2.59. The van der Waals surface area contributed by atoms with E-state index in [9.17, 15) is 29.1 Å². The Bertz CT molecular complexity index is 1990. The topological polar surface area (TPSA) is 208 Å². The van der Waals surface area contributed by atoms with Gasteiger partial charge in [-0.3, -0.25) is 14.9 Å². The summed E-state index contributed by atoms with van der Waals surface area (Å²) in [4.78, 5) is 76.5. The number of fused-ring (bicyclic) bond motifs is 1. The molecule has 1 aromatic carbocycles. The van der Waals surface area contributed by atoms with Gasteiger partial charge in [0.05, 0.1) is 32.0 Å². The number of carbonyl (C=O) groups is 5. The molecule has 0 bridgehead atoms. The second kappa shape index (κ2) is 15.7. The molecule has 3 aromatic rings. The lowest BCUT2D eigenvalue weighted by molar-refractivity contribution is -0.146. The van der Waals surface area contributed by atoms with Gasteiger partial charge in [-0.25, -0.2) is 24.4 Å². The summed E-state index contributed by atoms with van der Waals surface area (Å²) < 4.78 is 22.4. The minimum absolute atomic E-state index is 0.00855. The van der Waals surface area contributed by atoms with Crippen molar-refractivity contribution in [3.63, 3.8) is 0 Å². The molecule has 4 N–H and O–H groups in total. The third-order valence-corrected chi connectivity index (χ3v) is 11.0. The summed E-state index contributed by atoms with van der Waals surface area (Å²) in [7, 11) is 2.78. The normalized spacial score (nSPS) is 22.7. The fourth-order valence-corrected chi connectivity index (χ4v) is 7.81. The Labute approximate surface area is 321 Å². The molecule has 2 saturated carbocycles. The van der Waals surface area contributed by atoms with Gasteiger partial charge >= 0.3 is 18.2 Å². The van der Waals surface area contributed by atoms with E-state index in [1.807, 2.05) is 0 Å². The molecule has 0 radical (unpaired) electrons. The number of carbonyl (C=O) groups excluding carboxylic acids is 4. The first kappa shape index (κ1) is 39.2. The van der Waals surface area contributed by atoms with Crippen LogP contribution in [0.2, 0.25) is 0 Å². The Morgan fingerprint density at radius 3 is 2.44 bits per heavy atom. The summed E-state index contributed by atoms with van der Waals surface area (Å²) in [5, 5.41) is 20.7. The maximum atomic E-state index is 14.6. The lowest BCUT2D eigenvalue weighted by atomic mass is 9.85. The Kier molecular flexibility index (Phi) is 11.2. The van der Waals surface area contributed by atoms with E-state index in [-0.39, 0.29) is 25.5 Å². The minimum atomic E-state index is -1.54. The molecule has 1 unspecified atom stereocenters. The van der Waals surface area contributed by atoms with Crippen LogP contribution in [0.1, 0.15) is 59.3 Å². The highest BCUT2D eigenvalue weighted by atomic mass is 32.1. The molecule has 1 aliphatic heterocycles. The summed E-state index contributed by atoms with van der Waals surface area (Å²) >= 11 is 1.17. The van der Waals surface area contributed by atoms with Gasteiger partial charge in [-0.1, -0.05) is 26.8 Å². The summed E-state index contributed by atoms with van der Waals surface area (Å²) in [5.74, 6) is -1.96. The molecule has 1 saturated heterocycles. The number of benzene rings is 1. The smallest absolute Gasteiger partial charge is 0.413 e. The van der Waals surface area contributed by atoms with Crippen molar-refractivity contribution in [2.75, 3.05) is 26.1 Å². The van der Waals surface area contributed by atoms with Gasteiger partial charge in [0.2, 0.25) is 11.8 Å².